The summed E-state index contributed by atoms with van der Waals surface area (Å²) in [6, 6.07) is 18.7. The molecule has 0 amide bonds. The maximum atomic E-state index is 10.1. The van der Waals surface area contributed by atoms with E-state index in [1.807, 2.05) is 43.3 Å². The minimum atomic E-state index is -0.608. The van der Waals surface area contributed by atoms with Gasteiger partial charge in [-0.3, -0.25) is 5.01 Å². The van der Waals surface area contributed by atoms with Crippen molar-refractivity contribution in [2.24, 2.45) is 5.10 Å². The van der Waals surface area contributed by atoms with Crippen LogP contribution in [0, 0.1) is 11.3 Å². The minimum Gasteiger partial charge on any atom is -0.508 e. The first kappa shape index (κ1) is 14.2. The molecule has 2 aromatic rings. The summed E-state index contributed by atoms with van der Waals surface area (Å²) in [5, 5.41) is 26.1. The fourth-order valence-corrected chi connectivity index (χ4v) is 2.85. The first-order valence-electron chi connectivity index (χ1n) is 7.25. The van der Waals surface area contributed by atoms with E-state index in [1.165, 1.54) is 0 Å². The van der Waals surface area contributed by atoms with Crippen molar-refractivity contribution in [3.05, 3.63) is 65.7 Å². The first-order valence-corrected chi connectivity index (χ1v) is 7.25. The second-order valence-electron chi connectivity index (χ2n) is 5.44. The maximum Gasteiger partial charge on any atom is 0.162 e. The zero-order valence-electron chi connectivity index (χ0n) is 12.3. The van der Waals surface area contributed by atoms with E-state index in [0.717, 1.165) is 17.7 Å². The molecule has 0 radical (unpaired) electrons. The van der Waals surface area contributed by atoms with Crippen LogP contribution < -0.4 is 0 Å². The Kier molecular flexibility index (Phi) is 3.80. The normalized spacial score (nSPS) is 18.6. The summed E-state index contributed by atoms with van der Waals surface area (Å²) >= 11 is 0. The second kappa shape index (κ2) is 5.90. The monoisotopic (exact) mass is 291 g/mol. The summed E-state index contributed by atoms with van der Waals surface area (Å²) < 4.78 is 0. The molecule has 0 bridgehead atoms. The Morgan fingerprint density at radius 1 is 1.18 bits per heavy atom. The highest BCUT2D eigenvalue weighted by atomic mass is 16.3. The Labute approximate surface area is 129 Å². The summed E-state index contributed by atoms with van der Waals surface area (Å²) in [4.78, 5) is 0. The van der Waals surface area contributed by atoms with Crippen LogP contribution >= 0.6 is 0 Å². The SMILES string of the molecule is CC1=NN([C@H](C#N)c2ccccc2O)[C@@H](c2ccccc2)C1. The lowest BCUT2D eigenvalue weighted by molar-refractivity contribution is 0.194. The highest BCUT2D eigenvalue weighted by molar-refractivity contribution is 5.84. The van der Waals surface area contributed by atoms with E-state index in [2.05, 4.69) is 11.2 Å². The molecule has 110 valence electrons. The van der Waals surface area contributed by atoms with E-state index >= 15 is 0 Å². The Morgan fingerprint density at radius 3 is 2.55 bits per heavy atom. The van der Waals surface area contributed by atoms with E-state index in [1.54, 1.807) is 23.2 Å². The van der Waals surface area contributed by atoms with Crippen molar-refractivity contribution in [3.63, 3.8) is 0 Å². The number of hydrogen-bond donors (Lipinski definition) is 1. The van der Waals surface area contributed by atoms with E-state index in [4.69, 9.17) is 0 Å². The van der Waals surface area contributed by atoms with E-state index < -0.39 is 6.04 Å². The zero-order valence-corrected chi connectivity index (χ0v) is 12.3. The molecule has 1 N–H and O–H groups in total. The number of nitrogens with zero attached hydrogens (tertiary/aromatic N) is 3. The summed E-state index contributed by atoms with van der Waals surface area (Å²) in [5.41, 5.74) is 2.70. The molecule has 0 fully saturated rings. The van der Waals surface area contributed by atoms with Gasteiger partial charge in [0.25, 0.3) is 0 Å². The average molecular weight is 291 g/mol. The van der Waals surface area contributed by atoms with Gasteiger partial charge in [-0.1, -0.05) is 48.5 Å². The van der Waals surface area contributed by atoms with Gasteiger partial charge in [0.05, 0.1) is 12.1 Å². The van der Waals surface area contributed by atoms with Crippen LogP contribution in [-0.2, 0) is 0 Å². The Balaban J connectivity index is 2.00. The topological polar surface area (TPSA) is 59.6 Å². The number of phenolic OH excluding ortho intramolecular Hbond substituents is 1. The molecule has 2 atom stereocenters. The molecule has 4 nitrogen and oxygen atoms in total. The first-order chi connectivity index (χ1) is 10.7. The fourth-order valence-electron chi connectivity index (χ4n) is 2.85. The largest absolute Gasteiger partial charge is 0.508 e. The third-order valence-electron chi connectivity index (χ3n) is 3.90. The Hall–Kier alpha value is -2.80. The fraction of sp³-hybridized carbons (Fsp3) is 0.222. The van der Waals surface area contributed by atoms with Crippen LogP contribution in [0.15, 0.2) is 59.7 Å². The summed E-state index contributed by atoms with van der Waals surface area (Å²) in [6.45, 7) is 1.97. The van der Waals surface area contributed by atoms with E-state index in [9.17, 15) is 10.4 Å². The third kappa shape index (κ3) is 2.53. The molecular weight excluding hydrogens is 274 g/mol. The van der Waals surface area contributed by atoms with Gasteiger partial charge in [-0.15, -0.1) is 0 Å². The lowest BCUT2D eigenvalue weighted by Gasteiger charge is -2.28. The average Bonchev–Trinajstić information content (AvgIpc) is 2.92. The van der Waals surface area contributed by atoms with Crippen molar-refractivity contribution in [1.29, 1.82) is 5.26 Å². The van der Waals surface area contributed by atoms with Crippen LogP contribution in [-0.4, -0.2) is 15.8 Å². The molecule has 0 aliphatic carbocycles. The molecule has 2 aromatic carbocycles. The van der Waals surface area contributed by atoms with Crippen molar-refractivity contribution in [2.45, 2.75) is 25.4 Å². The predicted molar refractivity (Wildman–Crippen MR) is 85.2 cm³/mol. The summed E-state index contributed by atoms with van der Waals surface area (Å²) in [6.07, 6.45) is 0.787. The number of phenols is 1. The van der Waals surface area contributed by atoms with Crippen molar-refractivity contribution in [3.8, 4) is 11.8 Å². The summed E-state index contributed by atoms with van der Waals surface area (Å²) in [5.74, 6) is 0.126. The quantitative estimate of drug-likeness (QED) is 0.936. The van der Waals surface area contributed by atoms with Crippen LogP contribution in [0.4, 0.5) is 0 Å². The van der Waals surface area contributed by atoms with Gasteiger partial charge in [0.2, 0.25) is 0 Å². The lowest BCUT2D eigenvalue weighted by Crippen LogP contribution is -2.24. The smallest absolute Gasteiger partial charge is 0.162 e. The number of nitriles is 1. The number of aromatic hydroxyl groups is 1. The van der Waals surface area contributed by atoms with Crippen LogP contribution in [0.25, 0.3) is 0 Å². The lowest BCUT2D eigenvalue weighted by atomic mass is 9.99. The van der Waals surface area contributed by atoms with Gasteiger partial charge < -0.3 is 5.11 Å². The molecule has 1 aliphatic rings. The van der Waals surface area contributed by atoms with E-state index in [0.29, 0.717) is 5.56 Å². The zero-order chi connectivity index (χ0) is 15.5. The van der Waals surface area contributed by atoms with Crippen molar-refractivity contribution in [2.75, 3.05) is 0 Å². The molecule has 4 heteroatoms. The molecule has 0 aromatic heterocycles. The van der Waals surface area contributed by atoms with Crippen molar-refractivity contribution >= 4 is 5.71 Å². The Bertz CT molecular complexity index is 733. The van der Waals surface area contributed by atoms with Crippen LogP contribution in [0.5, 0.6) is 5.75 Å². The Morgan fingerprint density at radius 2 is 1.86 bits per heavy atom. The van der Waals surface area contributed by atoms with Gasteiger partial charge in [-0.2, -0.15) is 10.4 Å². The van der Waals surface area contributed by atoms with Gasteiger partial charge in [0.1, 0.15) is 5.75 Å². The number of hydrogen-bond acceptors (Lipinski definition) is 4. The predicted octanol–water partition coefficient (Wildman–Crippen LogP) is 3.78. The third-order valence-corrected chi connectivity index (χ3v) is 3.90. The van der Waals surface area contributed by atoms with Crippen LogP contribution in [0.2, 0.25) is 0 Å². The number of benzene rings is 2. The molecule has 1 aliphatic heterocycles. The molecule has 1 heterocycles. The maximum absolute atomic E-state index is 10.1. The standard InChI is InChI=1S/C18H17N3O/c1-13-11-16(14-7-3-2-4-8-14)21(20-13)17(12-19)15-9-5-6-10-18(15)22/h2-10,16-17,22H,11H2,1H3/t16-,17-/m1/s1. The number of hydrazone groups is 1. The van der Waals surface area contributed by atoms with Gasteiger partial charge in [0.15, 0.2) is 6.04 Å². The van der Waals surface area contributed by atoms with Gasteiger partial charge in [-0.05, 0) is 18.6 Å². The van der Waals surface area contributed by atoms with Crippen LogP contribution in [0.1, 0.15) is 36.6 Å². The van der Waals surface area contributed by atoms with Gasteiger partial charge in [-0.25, -0.2) is 0 Å². The molecule has 0 saturated heterocycles. The minimum absolute atomic E-state index is 0.0189. The van der Waals surface area contributed by atoms with Gasteiger partial charge in [0, 0.05) is 17.7 Å². The highest BCUT2D eigenvalue weighted by Gasteiger charge is 2.33. The van der Waals surface area contributed by atoms with Gasteiger partial charge >= 0.3 is 0 Å². The second-order valence-corrected chi connectivity index (χ2v) is 5.44. The van der Waals surface area contributed by atoms with Crippen molar-refractivity contribution in [1.82, 2.24) is 5.01 Å². The molecular formula is C18H17N3O. The van der Waals surface area contributed by atoms with Crippen LogP contribution in [0.3, 0.4) is 0 Å². The molecule has 3 rings (SSSR count). The number of rotatable bonds is 3. The van der Waals surface area contributed by atoms with E-state index in [-0.39, 0.29) is 11.8 Å². The highest BCUT2D eigenvalue weighted by Crippen LogP contribution is 2.39. The molecule has 0 spiro atoms. The molecule has 0 saturated carbocycles. The summed E-state index contributed by atoms with van der Waals surface area (Å²) in [7, 11) is 0. The number of para-hydroxylation sites is 1. The molecule has 0 unspecified atom stereocenters. The van der Waals surface area contributed by atoms with Crippen molar-refractivity contribution < 1.29 is 5.11 Å². The molecule has 22 heavy (non-hydrogen) atoms.